The lowest BCUT2D eigenvalue weighted by Gasteiger charge is -2.40. The average molecular weight is 266 g/mol. The van der Waals surface area contributed by atoms with Gasteiger partial charge in [-0.05, 0) is 31.2 Å². The molecule has 0 saturated heterocycles. The Hall–Kier alpha value is -1.10. The van der Waals surface area contributed by atoms with Gasteiger partial charge in [-0.1, -0.05) is 19.1 Å². The van der Waals surface area contributed by atoms with E-state index in [1.54, 1.807) is 14.2 Å². The van der Waals surface area contributed by atoms with Crippen LogP contribution in [-0.4, -0.2) is 44.9 Å². The molecule has 0 bridgehead atoms. The summed E-state index contributed by atoms with van der Waals surface area (Å²) >= 11 is 0. The van der Waals surface area contributed by atoms with Crippen molar-refractivity contribution in [1.29, 1.82) is 0 Å². The van der Waals surface area contributed by atoms with Crippen molar-refractivity contribution in [3.05, 3.63) is 29.8 Å². The van der Waals surface area contributed by atoms with Crippen molar-refractivity contribution in [3.63, 3.8) is 0 Å². The minimum atomic E-state index is -0.113. The van der Waals surface area contributed by atoms with Crippen LogP contribution >= 0.6 is 0 Å². The summed E-state index contributed by atoms with van der Waals surface area (Å²) in [5.74, 6) is 0.882. The quantitative estimate of drug-likeness (QED) is 0.780. The van der Waals surface area contributed by atoms with Crippen molar-refractivity contribution in [2.24, 2.45) is 5.73 Å². The predicted molar refractivity (Wildman–Crippen MR) is 78.4 cm³/mol. The first-order valence-corrected chi connectivity index (χ1v) is 6.65. The summed E-state index contributed by atoms with van der Waals surface area (Å²) in [6.45, 7) is 4.19. The zero-order valence-corrected chi connectivity index (χ0v) is 12.5. The number of nitrogens with zero attached hydrogens (tertiary/aromatic N) is 1. The molecule has 1 aromatic rings. The number of rotatable bonds is 8. The van der Waals surface area contributed by atoms with Crippen molar-refractivity contribution >= 4 is 0 Å². The van der Waals surface area contributed by atoms with Gasteiger partial charge in [-0.3, -0.25) is 4.90 Å². The van der Waals surface area contributed by atoms with Crippen LogP contribution in [0.25, 0.3) is 0 Å². The van der Waals surface area contributed by atoms with Gasteiger partial charge in [0.1, 0.15) is 5.75 Å². The Morgan fingerprint density at radius 3 is 2.58 bits per heavy atom. The first kappa shape index (κ1) is 16.0. The highest BCUT2D eigenvalue weighted by Gasteiger charge is 2.31. The number of hydrogen-bond donors (Lipinski definition) is 1. The molecular formula is C15H26N2O2. The van der Waals surface area contributed by atoms with E-state index in [2.05, 4.69) is 31.0 Å². The van der Waals surface area contributed by atoms with Gasteiger partial charge in [-0.15, -0.1) is 0 Å². The van der Waals surface area contributed by atoms with Crippen LogP contribution in [0, 0.1) is 0 Å². The van der Waals surface area contributed by atoms with Crippen molar-refractivity contribution in [1.82, 2.24) is 4.90 Å². The Balaban J connectivity index is 2.83. The molecule has 1 aromatic carbocycles. The summed E-state index contributed by atoms with van der Waals surface area (Å²) in [5, 5.41) is 0. The highest BCUT2D eigenvalue weighted by Crippen LogP contribution is 2.22. The molecule has 0 radical (unpaired) electrons. The van der Waals surface area contributed by atoms with Crippen molar-refractivity contribution < 1.29 is 9.47 Å². The van der Waals surface area contributed by atoms with Crippen molar-refractivity contribution in [2.45, 2.75) is 25.4 Å². The van der Waals surface area contributed by atoms with Crippen LogP contribution < -0.4 is 10.5 Å². The van der Waals surface area contributed by atoms with Gasteiger partial charge in [0, 0.05) is 20.2 Å². The maximum absolute atomic E-state index is 5.97. The van der Waals surface area contributed by atoms with Gasteiger partial charge in [-0.2, -0.15) is 0 Å². The molecule has 0 aliphatic rings. The van der Waals surface area contributed by atoms with Crippen LogP contribution in [0.15, 0.2) is 24.3 Å². The SMILES string of the molecule is CCC(CN)(COC)N(C)Cc1cccc(OC)c1. The Morgan fingerprint density at radius 2 is 2.05 bits per heavy atom. The summed E-state index contributed by atoms with van der Waals surface area (Å²) in [6.07, 6.45) is 0.956. The summed E-state index contributed by atoms with van der Waals surface area (Å²) in [5.41, 5.74) is 7.07. The van der Waals surface area contributed by atoms with E-state index in [1.165, 1.54) is 5.56 Å². The second kappa shape index (κ2) is 7.48. The first-order chi connectivity index (χ1) is 9.11. The molecule has 4 nitrogen and oxygen atoms in total. The Morgan fingerprint density at radius 1 is 1.32 bits per heavy atom. The number of likely N-dealkylation sites (N-methyl/N-ethyl adjacent to an activating group) is 1. The molecule has 0 aliphatic heterocycles. The second-order valence-electron chi connectivity index (χ2n) is 4.92. The van der Waals surface area contributed by atoms with Crippen LogP contribution in [0.4, 0.5) is 0 Å². The monoisotopic (exact) mass is 266 g/mol. The summed E-state index contributed by atoms with van der Waals surface area (Å²) in [4.78, 5) is 2.27. The van der Waals surface area contributed by atoms with Crippen molar-refractivity contribution in [2.75, 3.05) is 34.4 Å². The second-order valence-corrected chi connectivity index (χ2v) is 4.92. The minimum absolute atomic E-state index is 0.113. The molecule has 1 unspecified atom stereocenters. The van der Waals surface area contributed by atoms with E-state index in [0.29, 0.717) is 13.2 Å². The molecule has 0 aliphatic carbocycles. The topological polar surface area (TPSA) is 47.7 Å². The number of methoxy groups -OCH3 is 2. The van der Waals surface area contributed by atoms with E-state index in [4.69, 9.17) is 15.2 Å². The highest BCUT2D eigenvalue weighted by molar-refractivity contribution is 5.28. The van der Waals surface area contributed by atoms with Gasteiger partial charge < -0.3 is 15.2 Å². The third-order valence-corrected chi connectivity index (χ3v) is 3.81. The lowest BCUT2D eigenvalue weighted by molar-refractivity contribution is 0.0234. The fraction of sp³-hybridized carbons (Fsp3) is 0.600. The van der Waals surface area contributed by atoms with Crippen molar-refractivity contribution in [3.8, 4) is 5.75 Å². The van der Waals surface area contributed by atoms with Crippen LogP contribution in [0.2, 0.25) is 0 Å². The number of ether oxygens (including phenoxy) is 2. The molecule has 19 heavy (non-hydrogen) atoms. The molecule has 4 heteroatoms. The standard InChI is InChI=1S/C15H26N2O2/c1-5-15(11-16,12-18-3)17(2)10-13-7-6-8-14(9-13)19-4/h6-9H,5,10-12,16H2,1-4H3. The molecule has 0 saturated carbocycles. The van der Waals surface area contributed by atoms with Crippen LogP contribution in [0.3, 0.4) is 0 Å². The molecule has 0 heterocycles. The fourth-order valence-electron chi connectivity index (χ4n) is 2.32. The normalized spacial score (nSPS) is 14.4. The molecule has 0 spiro atoms. The molecule has 0 fully saturated rings. The molecular weight excluding hydrogens is 240 g/mol. The summed E-state index contributed by atoms with van der Waals surface area (Å²) in [7, 11) is 5.50. The average Bonchev–Trinajstić information content (AvgIpc) is 2.45. The van der Waals surface area contributed by atoms with E-state index < -0.39 is 0 Å². The van der Waals surface area contributed by atoms with Gasteiger partial charge >= 0.3 is 0 Å². The minimum Gasteiger partial charge on any atom is -0.497 e. The van der Waals surface area contributed by atoms with E-state index >= 15 is 0 Å². The third-order valence-electron chi connectivity index (χ3n) is 3.81. The van der Waals surface area contributed by atoms with E-state index in [0.717, 1.165) is 18.7 Å². The Bertz CT molecular complexity index is 378. The molecule has 1 rings (SSSR count). The maximum Gasteiger partial charge on any atom is 0.119 e. The van der Waals surface area contributed by atoms with Gasteiger partial charge in [-0.25, -0.2) is 0 Å². The highest BCUT2D eigenvalue weighted by atomic mass is 16.5. The van der Waals surface area contributed by atoms with E-state index in [1.807, 2.05) is 12.1 Å². The maximum atomic E-state index is 5.97. The Kier molecular flexibility index (Phi) is 6.28. The van der Waals surface area contributed by atoms with Gasteiger partial charge in [0.15, 0.2) is 0 Å². The van der Waals surface area contributed by atoms with Gasteiger partial charge in [0.05, 0.1) is 19.3 Å². The Labute approximate surface area is 116 Å². The van der Waals surface area contributed by atoms with Crippen LogP contribution in [-0.2, 0) is 11.3 Å². The third kappa shape index (κ3) is 3.93. The van der Waals surface area contributed by atoms with E-state index in [-0.39, 0.29) is 5.54 Å². The van der Waals surface area contributed by atoms with E-state index in [9.17, 15) is 0 Å². The largest absolute Gasteiger partial charge is 0.497 e. The first-order valence-electron chi connectivity index (χ1n) is 6.65. The number of nitrogens with two attached hydrogens (primary N) is 1. The summed E-state index contributed by atoms with van der Waals surface area (Å²) < 4.78 is 10.6. The van der Waals surface area contributed by atoms with Crippen LogP contribution in [0.1, 0.15) is 18.9 Å². The number of hydrogen-bond acceptors (Lipinski definition) is 4. The van der Waals surface area contributed by atoms with Gasteiger partial charge in [0.25, 0.3) is 0 Å². The fourth-order valence-corrected chi connectivity index (χ4v) is 2.32. The predicted octanol–water partition coefficient (Wildman–Crippen LogP) is 1.88. The molecule has 0 aromatic heterocycles. The zero-order chi connectivity index (χ0) is 14.3. The van der Waals surface area contributed by atoms with Crippen LogP contribution in [0.5, 0.6) is 5.75 Å². The number of benzene rings is 1. The molecule has 1 atom stereocenters. The summed E-state index contributed by atoms with van der Waals surface area (Å²) in [6, 6.07) is 8.12. The smallest absolute Gasteiger partial charge is 0.119 e. The zero-order valence-electron chi connectivity index (χ0n) is 12.5. The molecule has 108 valence electrons. The molecule has 0 amide bonds. The van der Waals surface area contributed by atoms with Gasteiger partial charge in [0.2, 0.25) is 0 Å². The lowest BCUT2D eigenvalue weighted by Crippen LogP contribution is -2.54. The lowest BCUT2D eigenvalue weighted by atomic mass is 9.94. The molecule has 2 N–H and O–H groups in total.